The first-order valence-corrected chi connectivity index (χ1v) is 22.5. The van der Waals surface area contributed by atoms with Gasteiger partial charge < -0.3 is 4.52 Å². The Hall–Kier alpha value is -0.130. The van der Waals surface area contributed by atoms with Crippen molar-refractivity contribution in [3.63, 3.8) is 0 Å². The fourth-order valence-electron chi connectivity index (χ4n) is 3.24. The number of hydrogen-bond acceptors (Lipinski definition) is 11. The van der Waals surface area contributed by atoms with E-state index >= 15 is 0 Å². The zero-order chi connectivity index (χ0) is 29.8. The molecular formula is C22H39N3O8P6S. The second-order valence-electron chi connectivity index (χ2n) is 8.34. The molecule has 0 aliphatic carbocycles. The van der Waals surface area contributed by atoms with Gasteiger partial charge in [-0.25, -0.2) is 0 Å². The third kappa shape index (κ3) is 12.6. The van der Waals surface area contributed by atoms with Crippen molar-refractivity contribution in [2.24, 2.45) is 5.10 Å². The molecule has 2 aromatic carbocycles. The third-order valence-corrected chi connectivity index (χ3v) is 12.7. The van der Waals surface area contributed by atoms with Crippen molar-refractivity contribution >= 4 is 66.0 Å². The van der Waals surface area contributed by atoms with Crippen LogP contribution in [-0.2, 0) is 40.9 Å². The summed E-state index contributed by atoms with van der Waals surface area (Å²) in [6.07, 6.45) is 2.38. The van der Waals surface area contributed by atoms with Gasteiger partial charge in [-0.3, -0.25) is 0 Å². The first-order chi connectivity index (χ1) is 18.9. The van der Waals surface area contributed by atoms with E-state index in [1.807, 2.05) is 48.5 Å². The summed E-state index contributed by atoms with van der Waals surface area (Å²) < 4.78 is 46.6. The molecule has 0 saturated heterocycles. The van der Waals surface area contributed by atoms with E-state index in [0.29, 0.717) is 18.7 Å². The topological polar surface area (TPSA) is 112 Å². The van der Waals surface area contributed by atoms with Gasteiger partial charge in [-0.1, -0.05) is 17.9 Å². The second kappa shape index (κ2) is 17.9. The molecule has 0 radical (unpaired) electrons. The Balaban J connectivity index is 1.96. The van der Waals surface area contributed by atoms with Crippen LogP contribution in [0.15, 0.2) is 53.6 Å². The SMILES string of the molecule is COP(=O)(CN(CCc1ccc(O[PH](=S)N(C)/N=C/c2ccc(OP(P)P)cc2)cc1)C[PH](O)(OC)OC)OC. The second-order valence-corrected chi connectivity index (χ2v) is 21.3. The molecule has 11 nitrogen and oxygen atoms in total. The van der Waals surface area contributed by atoms with Crippen molar-refractivity contribution < 1.29 is 36.6 Å². The van der Waals surface area contributed by atoms with Crippen LogP contribution in [-0.4, -0.2) is 75.4 Å². The van der Waals surface area contributed by atoms with Crippen LogP contribution < -0.4 is 9.05 Å². The van der Waals surface area contributed by atoms with Crippen LogP contribution in [0.5, 0.6) is 11.5 Å². The molecule has 1 N–H and O–H groups in total. The Labute approximate surface area is 249 Å². The summed E-state index contributed by atoms with van der Waals surface area (Å²) in [6.45, 7) is 0.454. The van der Waals surface area contributed by atoms with Crippen LogP contribution in [0.4, 0.5) is 0 Å². The Morgan fingerprint density at radius 3 is 2.15 bits per heavy atom. The molecule has 226 valence electrons. The predicted molar refractivity (Wildman–Crippen MR) is 178 cm³/mol. The summed E-state index contributed by atoms with van der Waals surface area (Å²) in [7, 11) is 3.19. The minimum atomic E-state index is -3.46. The molecule has 0 aliphatic heterocycles. The van der Waals surface area contributed by atoms with Crippen molar-refractivity contribution in [1.29, 1.82) is 0 Å². The Kier molecular flexibility index (Phi) is 16.1. The molecule has 0 heterocycles. The summed E-state index contributed by atoms with van der Waals surface area (Å²) in [6, 6.07) is 15.2. The van der Waals surface area contributed by atoms with Crippen molar-refractivity contribution in [3.05, 3.63) is 59.7 Å². The molecule has 0 fully saturated rings. The molecule has 3 atom stereocenters. The van der Waals surface area contributed by atoms with E-state index in [4.69, 9.17) is 38.9 Å². The summed E-state index contributed by atoms with van der Waals surface area (Å²) >= 11 is 5.56. The monoisotopic (exact) mass is 691 g/mol. The molecule has 0 saturated carbocycles. The van der Waals surface area contributed by atoms with Crippen LogP contribution in [0, 0.1) is 0 Å². The molecule has 2 rings (SSSR count). The van der Waals surface area contributed by atoms with Crippen molar-refractivity contribution in [2.45, 2.75) is 6.42 Å². The van der Waals surface area contributed by atoms with E-state index in [9.17, 15) is 9.46 Å². The zero-order valence-corrected chi connectivity index (χ0v) is 30.0. The van der Waals surface area contributed by atoms with Gasteiger partial charge in [0.15, 0.2) is 0 Å². The fraction of sp³-hybridized carbons (Fsp3) is 0.409. The summed E-state index contributed by atoms with van der Waals surface area (Å²) in [5.74, 6) is 1.44. The zero-order valence-electron chi connectivity index (χ0n) is 23.1. The van der Waals surface area contributed by atoms with Gasteiger partial charge in [-0.15, -0.1) is 0 Å². The van der Waals surface area contributed by atoms with Gasteiger partial charge in [0.2, 0.25) is 0 Å². The normalized spacial score (nSPS) is 13.7. The third-order valence-electron chi connectivity index (χ3n) is 5.57. The Bertz CT molecular complexity index is 1130. The number of nitrogens with zero attached hydrogens (tertiary/aromatic N) is 3. The summed E-state index contributed by atoms with van der Waals surface area (Å²) in [5, 5.41) is 4.43. The maximum atomic E-state index is 12.7. The molecule has 3 unspecified atom stereocenters. The molecule has 2 aromatic rings. The Morgan fingerprint density at radius 1 is 1.05 bits per heavy atom. The molecular weight excluding hydrogens is 652 g/mol. The van der Waals surface area contributed by atoms with Crippen LogP contribution in [0.2, 0.25) is 0 Å². The average molecular weight is 691 g/mol. The average Bonchev–Trinajstić information content (AvgIpc) is 2.95. The molecule has 40 heavy (non-hydrogen) atoms. The van der Waals surface area contributed by atoms with Gasteiger partial charge in [-0.05, 0) is 29.8 Å². The van der Waals surface area contributed by atoms with Gasteiger partial charge in [0.25, 0.3) is 0 Å². The molecule has 0 aliphatic rings. The van der Waals surface area contributed by atoms with Gasteiger partial charge in [0, 0.05) is 0 Å². The first-order valence-electron chi connectivity index (χ1n) is 11.9. The van der Waals surface area contributed by atoms with E-state index in [2.05, 4.69) is 23.0 Å². The van der Waals surface area contributed by atoms with E-state index in [1.165, 1.54) is 28.4 Å². The van der Waals surface area contributed by atoms with Crippen molar-refractivity contribution in [2.75, 3.05) is 54.6 Å². The molecule has 0 amide bonds. The van der Waals surface area contributed by atoms with Crippen molar-refractivity contribution in [3.8, 4) is 11.5 Å². The quantitative estimate of drug-likeness (QED) is 0.114. The fourth-order valence-corrected chi connectivity index (χ4v) is 7.95. The van der Waals surface area contributed by atoms with Crippen LogP contribution in [0.25, 0.3) is 0 Å². The standard InChI is InChI=1S/C22H39N3O8P6S/c1-24(23-16-20-8-12-22(13-9-20)33-37(34)35)36(40)32-21-10-6-19(7-11-21)14-15-25(17-38(26,28-2)29-3)18-39(27,30-4)31-5/h6-13,16,26,36,38H,14-15,17-18,34-35H2,1-5H3/b23-16+. The molecule has 18 heteroatoms. The minimum absolute atomic E-state index is 0.0211. The van der Waals surface area contributed by atoms with E-state index in [1.54, 1.807) is 22.9 Å². The molecule has 0 aromatic heterocycles. The van der Waals surface area contributed by atoms with E-state index in [0.717, 1.165) is 16.9 Å². The first kappa shape index (κ1) is 36.1. The van der Waals surface area contributed by atoms with Crippen molar-refractivity contribution in [1.82, 2.24) is 9.68 Å². The predicted octanol–water partition coefficient (Wildman–Crippen LogP) is 5.92. The van der Waals surface area contributed by atoms with Gasteiger partial charge >= 0.3 is 178 Å². The van der Waals surface area contributed by atoms with E-state index < -0.39 is 30.1 Å². The number of hydrazone groups is 1. The summed E-state index contributed by atoms with van der Waals surface area (Å²) in [4.78, 5) is 12.3. The Morgan fingerprint density at radius 2 is 1.62 bits per heavy atom. The van der Waals surface area contributed by atoms with Crippen LogP contribution in [0.1, 0.15) is 11.1 Å². The molecule has 0 spiro atoms. The van der Waals surface area contributed by atoms with Crippen LogP contribution in [0.3, 0.4) is 0 Å². The maximum absolute atomic E-state index is 12.7. The van der Waals surface area contributed by atoms with Gasteiger partial charge in [0.1, 0.15) is 13.3 Å². The number of benzene rings is 2. The summed E-state index contributed by atoms with van der Waals surface area (Å²) in [5.41, 5.74) is 1.93. The van der Waals surface area contributed by atoms with Gasteiger partial charge in [-0.2, -0.15) is 0 Å². The molecule has 0 bridgehead atoms. The number of rotatable bonds is 18. The van der Waals surface area contributed by atoms with E-state index in [-0.39, 0.29) is 12.6 Å². The van der Waals surface area contributed by atoms with Gasteiger partial charge in [0.05, 0.1) is 6.21 Å². The van der Waals surface area contributed by atoms with Crippen LogP contribution >= 0.6 is 48.0 Å². The number of hydrogen-bond donors (Lipinski definition) is 1.